The minimum absolute atomic E-state index is 0.761. The van der Waals surface area contributed by atoms with Gasteiger partial charge in [-0.2, -0.15) is 4.68 Å². The molecule has 0 bridgehead atoms. The molecular weight excluding hydrogens is 256 g/mol. The molecule has 78 valence electrons. The van der Waals surface area contributed by atoms with Crippen LogP contribution >= 0.6 is 15.9 Å². The smallest absolute Gasteiger partial charge is 0.158 e. The highest BCUT2D eigenvalue weighted by atomic mass is 79.9. The van der Waals surface area contributed by atoms with Gasteiger partial charge in [-0.25, -0.2) is 9.97 Å². The quantitative estimate of drug-likeness (QED) is 0.796. The molecular formula is C10H11BrN4. The van der Waals surface area contributed by atoms with E-state index in [0.717, 1.165) is 27.5 Å². The van der Waals surface area contributed by atoms with Crippen molar-refractivity contribution in [2.75, 3.05) is 0 Å². The predicted octanol–water partition coefficient (Wildman–Crippen LogP) is 2.35. The Morgan fingerprint density at radius 2 is 2.00 bits per heavy atom. The van der Waals surface area contributed by atoms with Crippen molar-refractivity contribution in [2.45, 2.75) is 20.8 Å². The van der Waals surface area contributed by atoms with Crippen LogP contribution in [0.1, 0.15) is 17.2 Å². The largest absolute Gasteiger partial charge is 0.236 e. The summed E-state index contributed by atoms with van der Waals surface area (Å²) >= 11 is 3.38. The maximum absolute atomic E-state index is 4.34. The second kappa shape index (κ2) is 3.73. The molecule has 0 saturated heterocycles. The lowest BCUT2D eigenvalue weighted by Gasteiger charge is -2.05. The molecule has 0 aliphatic carbocycles. The lowest BCUT2D eigenvalue weighted by atomic mass is 10.3. The molecule has 15 heavy (non-hydrogen) atoms. The highest BCUT2D eigenvalue weighted by molar-refractivity contribution is 9.10. The summed E-state index contributed by atoms with van der Waals surface area (Å²) in [7, 11) is 0. The van der Waals surface area contributed by atoms with E-state index in [1.807, 2.05) is 26.8 Å². The molecule has 4 nitrogen and oxygen atoms in total. The van der Waals surface area contributed by atoms with Gasteiger partial charge in [0, 0.05) is 10.7 Å². The second-order valence-corrected chi connectivity index (χ2v) is 4.33. The fourth-order valence-corrected chi connectivity index (χ4v) is 1.92. The summed E-state index contributed by atoms with van der Waals surface area (Å²) in [5, 5.41) is 4.30. The van der Waals surface area contributed by atoms with E-state index in [4.69, 9.17) is 0 Å². The van der Waals surface area contributed by atoms with E-state index >= 15 is 0 Å². The molecule has 0 unspecified atom stereocenters. The number of pyridine rings is 1. The summed E-state index contributed by atoms with van der Waals surface area (Å²) in [6.45, 7) is 5.80. The number of aromatic nitrogens is 4. The molecule has 0 atom stereocenters. The molecule has 0 aromatic carbocycles. The molecule has 2 aromatic heterocycles. The van der Waals surface area contributed by atoms with E-state index in [2.05, 4.69) is 31.0 Å². The summed E-state index contributed by atoms with van der Waals surface area (Å²) in [6, 6.07) is 2.01. The number of aryl methyl sites for hydroxylation is 3. The number of hydrogen-bond donors (Lipinski definition) is 0. The standard InChI is InChI=1S/C10H11BrN4/c1-6-4-9(11)5-12-10(6)15-8(3)13-7(2)14-15/h4-5H,1-3H3. The fourth-order valence-electron chi connectivity index (χ4n) is 1.48. The van der Waals surface area contributed by atoms with Gasteiger partial charge in [-0.1, -0.05) is 0 Å². The Balaban J connectivity index is 2.59. The highest BCUT2D eigenvalue weighted by Crippen LogP contribution is 2.16. The molecule has 0 radical (unpaired) electrons. The SMILES string of the molecule is Cc1nc(C)n(-c2ncc(Br)cc2C)n1. The lowest BCUT2D eigenvalue weighted by Crippen LogP contribution is -2.04. The van der Waals surface area contributed by atoms with E-state index in [0.29, 0.717) is 0 Å². The predicted molar refractivity (Wildman–Crippen MR) is 61.1 cm³/mol. The van der Waals surface area contributed by atoms with Crippen LogP contribution in [0, 0.1) is 20.8 Å². The Kier molecular flexibility index (Phi) is 2.56. The topological polar surface area (TPSA) is 43.6 Å². The van der Waals surface area contributed by atoms with Crippen LogP contribution in [0.5, 0.6) is 0 Å². The molecule has 0 aliphatic heterocycles. The number of hydrogen-bond acceptors (Lipinski definition) is 3. The van der Waals surface area contributed by atoms with Crippen LogP contribution in [-0.4, -0.2) is 19.7 Å². The first-order valence-corrected chi connectivity index (χ1v) is 5.40. The van der Waals surface area contributed by atoms with Crippen LogP contribution in [-0.2, 0) is 0 Å². The first-order chi connectivity index (χ1) is 7.08. The van der Waals surface area contributed by atoms with Gasteiger partial charge in [-0.3, -0.25) is 0 Å². The van der Waals surface area contributed by atoms with E-state index in [1.165, 1.54) is 0 Å². The third kappa shape index (κ3) is 1.92. The van der Waals surface area contributed by atoms with Crippen LogP contribution in [0.4, 0.5) is 0 Å². The average Bonchev–Trinajstić information content (AvgIpc) is 2.45. The van der Waals surface area contributed by atoms with Gasteiger partial charge in [0.2, 0.25) is 0 Å². The zero-order valence-corrected chi connectivity index (χ0v) is 10.4. The maximum Gasteiger partial charge on any atom is 0.158 e. The Labute approximate surface area is 96.5 Å². The van der Waals surface area contributed by atoms with Crippen molar-refractivity contribution in [1.29, 1.82) is 0 Å². The van der Waals surface area contributed by atoms with Gasteiger partial charge in [-0.05, 0) is 48.3 Å². The summed E-state index contributed by atoms with van der Waals surface area (Å²) in [6.07, 6.45) is 1.76. The van der Waals surface area contributed by atoms with Crippen molar-refractivity contribution < 1.29 is 0 Å². The molecule has 0 fully saturated rings. The van der Waals surface area contributed by atoms with Crippen molar-refractivity contribution in [1.82, 2.24) is 19.7 Å². The van der Waals surface area contributed by atoms with E-state index in [9.17, 15) is 0 Å². The maximum atomic E-state index is 4.34. The Hall–Kier alpha value is -1.23. The van der Waals surface area contributed by atoms with Crippen molar-refractivity contribution in [3.05, 3.63) is 33.9 Å². The van der Waals surface area contributed by atoms with Crippen molar-refractivity contribution in [2.24, 2.45) is 0 Å². The molecule has 2 rings (SSSR count). The van der Waals surface area contributed by atoms with Gasteiger partial charge in [0.15, 0.2) is 5.82 Å². The summed E-state index contributed by atoms with van der Waals surface area (Å²) in [4.78, 5) is 8.59. The average molecular weight is 267 g/mol. The molecule has 0 aliphatic rings. The Morgan fingerprint density at radius 3 is 2.53 bits per heavy atom. The van der Waals surface area contributed by atoms with Gasteiger partial charge in [0.05, 0.1) is 0 Å². The summed E-state index contributed by atoms with van der Waals surface area (Å²) in [5.74, 6) is 2.44. The zero-order valence-electron chi connectivity index (χ0n) is 8.82. The fraction of sp³-hybridized carbons (Fsp3) is 0.300. The third-order valence-corrected chi connectivity index (χ3v) is 2.53. The number of rotatable bonds is 1. The normalized spacial score (nSPS) is 10.7. The monoisotopic (exact) mass is 266 g/mol. The van der Waals surface area contributed by atoms with Gasteiger partial charge in [0.25, 0.3) is 0 Å². The minimum Gasteiger partial charge on any atom is -0.236 e. The van der Waals surface area contributed by atoms with Crippen molar-refractivity contribution in [3.8, 4) is 5.82 Å². The van der Waals surface area contributed by atoms with Crippen LogP contribution in [0.15, 0.2) is 16.7 Å². The van der Waals surface area contributed by atoms with Crippen LogP contribution in [0.3, 0.4) is 0 Å². The van der Waals surface area contributed by atoms with E-state index < -0.39 is 0 Å². The second-order valence-electron chi connectivity index (χ2n) is 3.41. The van der Waals surface area contributed by atoms with Crippen molar-refractivity contribution >= 4 is 15.9 Å². The number of halogens is 1. The van der Waals surface area contributed by atoms with E-state index in [-0.39, 0.29) is 0 Å². The molecule has 2 aromatic rings. The van der Waals surface area contributed by atoms with Crippen LogP contribution < -0.4 is 0 Å². The molecule has 0 saturated carbocycles. The van der Waals surface area contributed by atoms with Gasteiger partial charge < -0.3 is 0 Å². The molecule has 5 heteroatoms. The Bertz CT molecular complexity index is 504. The molecule has 0 N–H and O–H groups in total. The number of nitrogens with zero attached hydrogens (tertiary/aromatic N) is 4. The lowest BCUT2D eigenvalue weighted by molar-refractivity contribution is 0.795. The molecule has 0 spiro atoms. The molecule has 0 amide bonds. The van der Waals surface area contributed by atoms with Gasteiger partial charge in [-0.15, -0.1) is 5.10 Å². The van der Waals surface area contributed by atoms with Crippen LogP contribution in [0.2, 0.25) is 0 Å². The van der Waals surface area contributed by atoms with Crippen molar-refractivity contribution in [3.63, 3.8) is 0 Å². The van der Waals surface area contributed by atoms with Gasteiger partial charge >= 0.3 is 0 Å². The zero-order chi connectivity index (χ0) is 11.0. The van der Waals surface area contributed by atoms with E-state index in [1.54, 1.807) is 10.9 Å². The first-order valence-electron chi connectivity index (χ1n) is 4.60. The van der Waals surface area contributed by atoms with Gasteiger partial charge in [0.1, 0.15) is 11.6 Å². The first kappa shape index (κ1) is 10.3. The highest BCUT2D eigenvalue weighted by Gasteiger charge is 2.08. The van der Waals surface area contributed by atoms with Crippen LogP contribution in [0.25, 0.3) is 5.82 Å². The summed E-state index contributed by atoms with van der Waals surface area (Å²) in [5.41, 5.74) is 1.07. The third-order valence-electron chi connectivity index (χ3n) is 2.09. The Morgan fingerprint density at radius 1 is 1.27 bits per heavy atom. The summed E-state index contributed by atoms with van der Waals surface area (Å²) < 4.78 is 2.73. The minimum atomic E-state index is 0.761. The molecule has 2 heterocycles.